The van der Waals surface area contributed by atoms with E-state index in [-0.39, 0.29) is 29.5 Å². The van der Waals surface area contributed by atoms with E-state index in [9.17, 15) is 22.4 Å². The highest BCUT2D eigenvalue weighted by Crippen LogP contribution is 2.33. The molecule has 1 saturated heterocycles. The minimum atomic E-state index is -4.60. The molecule has 1 aromatic carbocycles. The van der Waals surface area contributed by atoms with Crippen LogP contribution in [0.3, 0.4) is 0 Å². The van der Waals surface area contributed by atoms with Gasteiger partial charge in [0.2, 0.25) is 0 Å². The molecular formula is C25H22F4N6O. The van der Waals surface area contributed by atoms with Crippen molar-refractivity contribution in [1.29, 1.82) is 0 Å². The molecule has 1 fully saturated rings. The summed E-state index contributed by atoms with van der Waals surface area (Å²) >= 11 is 0. The summed E-state index contributed by atoms with van der Waals surface area (Å²) in [7, 11) is 0. The number of aryl methyl sites for hydroxylation is 1. The van der Waals surface area contributed by atoms with Gasteiger partial charge in [0.05, 0.1) is 30.3 Å². The van der Waals surface area contributed by atoms with E-state index in [1.54, 1.807) is 12.1 Å². The Kier molecular flexibility index (Phi) is 6.15. The molecule has 3 aromatic heterocycles. The van der Waals surface area contributed by atoms with E-state index in [0.29, 0.717) is 54.5 Å². The van der Waals surface area contributed by atoms with Crippen molar-refractivity contribution in [2.45, 2.75) is 38.4 Å². The Morgan fingerprint density at radius 2 is 1.78 bits per heavy atom. The maximum Gasteiger partial charge on any atom is 0.434 e. The lowest BCUT2D eigenvalue weighted by Crippen LogP contribution is -2.36. The Balaban J connectivity index is 1.45. The van der Waals surface area contributed by atoms with E-state index in [4.69, 9.17) is 0 Å². The van der Waals surface area contributed by atoms with Gasteiger partial charge in [-0.05, 0) is 43.4 Å². The zero-order chi connectivity index (χ0) is 25.4. The number of piperidine rings is 1. The monoisotopic (exact) mass is 498 g/mol. The van der Waals surface area contributed by atoms with Crippen LogP contribution >= 0.6 is 0 Å². The molecule has 0 unspecified atom stereocenters. The van der Waals surface area contributed by atoms with E-state index in [0.717, 1.165) is 11.8 Å². The second-order valence-corrected chi connectivity index (χ2v) is 8.81. The average Bonchev–Trinajstić information content (AvgIpc) is 2.86. The van der Waals surface area contributed by atoms with Gasteiger partial charge in [-0.3, -0.25) is 19.3 Å². The van der Waals surface area contributed by atoms with Crippen LogP contribution in [0.1, 0.15) is 41.3 Å². The van der Waals surface area contributed by atoms with Gasteiger partial charge >= 0.3 is 6.18 Å². The minimum Gasteiger partial charge on any atom is -0.369 e. The van der Waals surface area contributed by atoms with Crippen LogP contribution in [-0.4, -0.2) is 37.6 Å². The number of pyridine rings is 1. The van der Waals surface area contributed by atoms with E-state index in [2.05, 4.69) is 19.9 Å². The average molecular weight is 498 g/mol. The number of para-hydroxylation sites is 1. The maximum absolute atomic E-state index is 14.5. The van der Waals surface area contributed by atoms with Gasteiger partial charge in [0.25, 0.3) is 5.56 Å². The van der Waals surface area contributed by atoms with E-state index in [1.807, 2.05) is 17.9 Å². The van der Waals surface area contributed by atoms with E-state index < -0.39 is 11.9 Å². The fourth-order valence-electron chi connectivity index (χ4n) is 4.73. The summed E-state index contributed by atoms with van der Waals surface area (Å²) in [5.41, 5.74) is 1.59. The number of rotatable bonds is 4. The summed E-state index contributed by atoms with van der Waals surface area (Å²) in [6.45, 7) is 2.93. The highest BCUT2D eigenvalue weighted by molar-refractivity contribution is 5.71. The molecule has 0 bridgehead atoms. The zero-order valence-electron chi connectivity index (χ0n) is 19.3. The van der Waals surface area contributed by atoms with Gasteiger partial charge < -0.3 is 4.90 Å². The summed E-state index contributed by atoms with van der Waals surface area (Å²) < 4.78 is 54.4. The third-order valence-corrected chi connectivity index (χ3v) is 6.50. The van der Waals surface area contributed by atoms with Crippen molar-refractivity contribution in [1.82, 2.24) is 24.5 Å². The summed E-state index contributed by atoms with van der Waals surface area (Å²) in [5, 5.41) is 0. The molecule has 0 saturated carbocycles. The van der Waals surface area contributed by atoms with Crippen molar-refractivity contribution in [3.63, 3.8) is 0 Å². The second kappa shape index (κ2) is 9.29. The molecule has 186 valence electrons. The van der Waals surface area contributed by atoms with E-state index in [1.165, 1.54) is 23.0 Å². The molecule has 7 nitrogen and oxygen atoms in total. The lowest BCUT2D eigenvalue weighted by molar-refractivity contribution is -0.141. The van der Waals surface area contributed by atoms with Crippen LogP contribution < -0.4 is 10.5 Å². The third-order valence-electron chi connectivity index (χ3n) is 6.50. The Hall–Kier alpha value is -3.89. The Morgan fingerprint density at radius 3 is 2.44 bits per heavy atom. The number of fused-ring (bicyclic) bond motifs is 1. The quantitative estimate of drug-likeness (QED) is 0.386. The van der Waals surface area contributed by atoms with Crippen molar-refractivity contribution >= 4 is 16.9 Å². The summed E-state index contributed by atoms with van der Waals surface area (Å²) in [6, 6.07) is 6.73. The van der Waals surface area contributed by atoms with Crippen LogP contribution in [0.4, 0.5) is 23.2 Å². The van der Waals surface area contributed by atoms with Crippen LogP contribution in [0.5, 0.6) is 0 Å². The highest BCUT2D eigenvalue weighted by atomic mass is 19.4. The molecule has 1 aliphatic rings. The van der Waals surface area contributed by atoms with Crippen LogP contribution in [-0.2, 0) is 12.7 Å². The topological polar surface area (TPSA) is 76.8 Å². The van der Waals surface area contributed by atoms with Gasteiger partial charge in [-0.2, -0.15) is 13.2 Å². The molecule has 0 aliphatic carbocycles. The molecular weight excluding hydrogens is 476 g/mol. The summed E-state index contributed by atoms with van der Waals surface area (Å²) in [6.07, 6.45) is 1.30. The molecule has 0 radical (unpaired) electrons. The Labute approximate surface area is 203 Å². The number of aromatic nitrogens is 5. The number of halogens is 4. The fourth-order valence-corrected chi connectivity index (χ4v) is 4.73. The number of benzene rings is 1. The van der Waals surface area contributed by atoms with Gasteiger partial charge in [-0.25, -0.2) is 14.4 Å². The van der Waals surface area contributed by atoms with Gasteiger partial charge in [0.1, 0.15) is 11.3 Å². The first-order valence-electron chi connectivity index (χ1n) is 11.4. The van der Waals surface area contributed by atoms with Crippen molar-refractivity contribution in [3.05, 3.63) is 87.7 Å². The van der Waals surface area contributed by atoms with Crippen molar-refractivity contribution in [2.75, 3.05) is 18.0 Å². The van der Waals surface area contributed by atoms with Crippen molar-refractivity contribution in [3.8, 4) is 0 Å². The predicted molar refractivity (Wildman–Crippen MR) is 125 cm³/mol. The van der Waals surface area contributed by atoms with Gasteiger partial charge in [-0.1, -0.05) is 12.1 Å². The molecule has 0 spiro atoms. The van der Waals surface area contributed by atoms with Crippen molar-refractivity contribution in [2.24, 2.45) is 0 Å². The van der Waals surface area contributed by atoms with Gasteiger partial charge in [0, 0.05) is 31.0 Å². The van der Waals surface area contributed by atoms with Crippen molar-refractivity contribution < 1.29 is 17.6 Å². The molecule has 4 heterocycles. The molecule has 5 rings (SSSR count). The minimum absolute atomic E-state index is 0.0859. The normalized spacial score (nSPS) is 15.0. The maximum atomic E-state index is 14.5. The molecule has 11 heteroatoms. The number of hydrogen-bond acceptors (Lipinski definition) is 6. The molecule has 0 atom stereocenters. The molecule has 36 heavy (non-hydrogen) atoms. The van der Waals surface area contributed by atoms with Crippen LogP contribution in [0.25, 0.3) is 11.2 Å². The molecule has 4 aromatic rings. The molecule has 1 aliphatic heterocycles. The first kappa shape index (κ1) is 23.8. The van der Waals surface area contributed by atoms with Crippen LogP contribution in [0.15, 0.2) is 53.8 Å². The van der Waals surface area contributed by atoms with Gasteiger partial charge in [0.15, 0.2) is 11.3 Å². The highest BCUT2D eigenvalue weighted by Gasteiger charge is 2.33. The fraction of sp³-hybridized carbons (Fsp3) is 0.320. The number of alkyl halides is 3. The first-order valence-corrected chi connectivity index (χ1v) is 11.4. The number of anilines is 1. The van der Waals surface area contributed by atoms with E-state index >= 15 is 0 Å². The summed E-state index contributed by atoms with van der Waals surface area (Å²) in [5.74, 6) is -0.355. The lowest BCUT2D eigenvalue weighted by Gasteiger charge is -2.34. The second-order valence-electron chi connectivity index (χ2n) is 8.81. The smallest absolute Gasteiger partial charge is 0.369 e. The summed E-state index contributed by atoms with van der Waals surface area (Å²) in [4.78, 5) is 31.5. The number of nitrogens with zero attached hydrogens (tertiary/aromatic N) is 6. The predicted octanol–water partition coefficient (Wildman–Crippen LogP) is 4.48. The standard InChI is InChI=1S/C25H22F4N6O/c1-15-3-2-4-19(26)22(15)34-9-5-16(6-10-34)18-11-20-23(31-8-7-30-20)35(24(18)36)14-17-12-33-21(13-32-17)25(27,28)29/h2-4,7-8,11-13,16H,5-6,9-10,14H2,1H3. The van der Waals surface area contributed by atoms with Gasteiger partial charge in [-0.15, -0.1) is 0 Å². The Morgan fingerprint density at radius 1 is 1.03 bits per heavy atom. The first-order chi connectivity index (χ1) is 17.2. The zero-order valence-corrected chi connectivity index (χ0v) is 19.3. The number of hydrogen-bond donors (Lipinski definition) is 0. The lowest BCUT2D eigenvalue weighted by atomic mass is 9.89. The SMILES string of the molecule is Cc1cccc(F)c1N1CCC(c2cc3nccnc3n(Cc3cnc(C(F)(F)F)cn3)c2=O)CC1. The largest absolute Gasteiger partial charge is 0.434 e. The third kappa shape index (κ3) is 4.52. The molecule has 0 amide bonds. The van der Waals surface area contributed by atoms with Crippen LogP contribution in [0.2, 0.25) is 0 Å². The van der Waals surface area contributed by atoms with Crippen LogP contribution in [0, 0.1) is 12.7 Å². The molecule has 0 N–H and O–H groups in total. The Bertz CT molecular complexity index is 1440.